The summed E-state index contributed by atoms with van der Waals surface area (Å²) in [5.41, 5.74) is 4.74. The largest absolute Gasteiger partial charge is 0.352 e. The number of nitrogens with one attached hydrogen (secondary N) is 1. The van der Waals surface area contributed by atoms with Gasteiger partial charge in [0, 0.05) is 18.3 Å². The molecule has 3 aromatic rings. The van der Waals surface area contributed by atoms with Crippen molar-refractivity contribution in [1.29, 1.82) is 0 Å². The topological polar surface area (TPSA) is 57.7 Å². The zero-order valence-corrected chi connectivity index (χ0v) is 14.8. The Bertz CT molecular complexity index is 869. The van der Waals surface area contributed by atoms with Gasteiger partial charge in [-0.05, 0) is 38.2 Å². The van der Waals surface area contributed by atoms with Gasteiger partial charge in [-0.1, -0.05) is 30.3 Å². The molecule has 5 heteroatoms. The van der Waals surface area contributed by atoms with Crippen molar-refractivity contribution in [2.24, 2.45) is 0 Å². The molecule has 0 saturated heterocycles. The first-order chi connectivity index (χ1) is 12.2. The maximum Gasteiger partial charge on any atom is 0.135 e. The first-order valence-corrected chi connectivity index (χ1v) is 8.87. The maximum atomic E-state index is 4.72. The van der Waals surface area contributed by atoms with Crippen LogP contribution in [-0.2, 0) is 19.4 Å². The number of aromatic nitrogens is 4. The van der Waals surface area contributed by atoms with Crippen molar-refractivity contribution in [3.8, 4) is 11.3 Å². The van der Waals surface area contributed by atoms with Crippen LogP contribution in [0.5, 0.6) is 0 Å². The minimum absolute atomic E-state index is 0.704. The second-order valence-corrected chi connectivity index (χ2v) is 6.69. The van der Waals surface area contributed by atoms with Crippen molar-refractivity contribution in [3.05, 3.63) is 59.4 Å². The van der Waals surface area contributed by atoms with Gasteiger partial charge in [0.15, 0.2) is 0 Å². The fourth-order valence-corrected chi connectivity index (χ4v) is 3.52. The molecule has 0 amide bonds. The van der Waals surface area contributed by atoms with E-state index < -0.39 is 0 Å². The zero-order valence-electron chi connectivity index (χ0n) is 14.8. The number of nitrogens with zero attached hydrogens (tertiary/aromatic N) is 4. The molecule has 128 valence electrons. The Morgan fingerprint density at radius 3 is 2.72 bits per heavy atom. The predicted molar refractivity (Wildman–Crippen MR) is 99.5 cm³/mol. The number of fused-ring (bicyclic) bond motifs is 1. The fourth-order valence-electron chi connectivity index (χ4n) is 3.52. The molecule has 0 unspecified atom stereocenters. The molecular formula is C20H23N5. The third-order valence-electron chi connectivity index (χ3n) is 4.73. The van der Waals surface area contributed by atoms with Crippen LogP contribution in [0.2, 0.25) is 0 Å². The van der Waals surface area contributed by atoms with Crippen LogP contribution in [-0.4, -0.2) is 27.0 Å². The average molecular weight is 333 g/mol. The van der Waals surface area contributed by atoms with Crippen molar-refractivity contribution in [1.82, 2.24) is 19.9 Å². The number of benzene rings is 1. The Kier molecular flexibility index (Phi) is 4.22. The molecule has 0 bridgehead atoms. The predicted octanol–water partition coefficient (Wildman–Crippen LogP) is 3.69. The fraction of sp³-hybridized carbons (Fsp3) is 0.350. The number of hydrogen-bond donors (Lipinski definition) is 1. The number of aryl methyl sites for hydroxylation is 2. The summed E-state index contributed by atoms with van der Waals surface area (Å²) in [6, 6.07) is 10.3. The second-order valence-electron chi connectivity index (χ2n) is 6.69. The summed E-state index contributed by atoms with van der Waals surface area (Å²) in [5.74, 6) is 2.86. The standard InChI is InChI=1S/C20H23N5/c1-14-22-17-11-7-6-10-16(17)20(23-14)25(2)13-19-21-12-18(24-19)15-8-4-3-5-9-15/h3-5,8-9,12H,6-7,10-11,13H2,1-2H3,(H,21,24). The van der Waals surface area contributed by atoms with E-state index in [4.69, 9.17) is 4.98 Å². The normalized spacial score (nSPS) is 13.5. The monoisotopic (exact) mass is 333 g/mol. The first-order valence-electron chi connectivity index (χ1n) is 8.87. The highest BCUT2D eigenvalue weighted by atomic mass is 15.2. The Balaban J connectivity index is 1.58. The number of hydrogen-bond acceptors (Lipinski definition) is 4. The van der Waals surface area contributed by atoms with Gasteiger partial charge in [0.2, 0.25) is 0 Å². The lowest BCUT2D eigenvalue weighted by Crippen LogP contribution is -2.23. The minimum atomic E-state index is 0.704. The third kappa shape index (κ3) is 3.27. The van der Waals surface area contributed by atoms with Gasteiger partial charge in [-0.15, -0.1) is 0 Å². The number of anilines is 1. The molecule has 0 atom stereocenters. The van der Waals surface area contributed by atoms with Crippen LogP contribution < -0.4 is 4.90 Å². The van der Waals surface area contributed by atoms with Crippen molar-refractivity contribution in [2.45, 2.75) is 39.2 Å². The van der Waals surface area contributed by atoms with Crippen LogP contribution in [0, 0.1) is 6.92 Å². The summed E-state index contributed by atoms with van der Waals surface area (Å²) in [6.07, 6.45) is 6.49. The number of H-pyrrole nitrogens is 1. The van der Waals surface area contributed by atoms with E-state index in [1.165, 1.54) is 24.1 Å². The summed E-state index contributed by atoms with van der Waals surface area (Å²) in [6.45, 7) is 2.68. The molecule has 0 radical (unpaired) electrons. The van der Waals surface area contributed by atoms with Crippen LogP contribution in [0.1, 0.15) is 35.7 Å². The van der Waals surface area contributed by atoms with Crippen LogP contribution in [0.4, 0.5) is 5.82 Å². The van der Waals surface area contributed by atoms with Gasteiger partial charge in [0.25, 0.3) is 0 Å². The van der Waals surface area contributed by atoms with Crippen molar-refractivity contribution < 1.29 is 0 Å². The lowest BCUT2D eigenvalue weighted by atomic mass is 9.96. The summed E-state index contributed by atoms with van der Waals surface area (Å²) in [7, 11) is 2.08. The molecule has 4 rings (SSSR count). The molecule has 0 fully saturated rings. The van der Waals surface area contributed by atoms with Crippen LogP contribution in [0.15, 0.2) is 36.5 Å². The molecule has 0 spiro atoms. The highest BCUT2D eigenvalue weighted by Gasteiger charge is 2.19. The Morgan fingerprint density at radius 1 is 1.08 bits per heavy atom. The van der Waals surface area contributed by atoms with Gasteiger partial charge in [0.05, 0.1) is 18.4 Å². The van der Waals surface area contributed by atoms with Gasteiger partial charge >= 0.3 is 0 Å². The molecule has 1 aliphatic carbocycles. The van der Waals surface area contributed by atoms with Gasteiger partial charge in [-0.2, -0.15) is 0 Å². The van der Waals surface area contributed by atoms with E-state index in [0.717, 1.165) is 41.6 Å². The van der Waals surface area contributed by atoms with E-state index in [1.807, 2.05) is 31.3 Å². The van der Waals surface area contributed by atoms with Crippen LogP contribution in [0.3, 0.4) is 0 Å². The zero-order chi connectivity index (χ0) is 17.2. The molecule has 0 saturated carbocycles. The van der Waals surface area contributed by atoms with E-state index in [2.05, 4.69) is 39.0 Å². The minimum Gasteiger partial charge on any atom is -0.352 e. The molecule has 2 heterocycles. The molecule has 0 aliphatic heterocycles. The van der Waals surface area contributed by atoms with Crippen LogP contribution >= 0.6 is 0 Å². The lowest BCUT2D eigenvalue weighted by Gasteiger charge is -2.24. The van der Waals surface area contributed by atoms with Gasteiger partial charge in [-0.25, -0.2) is 15.0 Å². The average Bonchev–Trinajstić information content (AvgIpc) is 3.10. The maximum absolute atomic E-state index is 4.72. The third-order valence-corrected chi connectivity index (χ3v) is 4.73. The van der Waals surface area contributed by atoms with Gasteiger partial charge in [0.1, 0.15) is 17.5 Å². The molecule has 1 aromatic carbocycles. The van der Waals surface area contributed by atoms with Crippen molar-refractivity contribution in [3.63, 3.8) is 0 Å². The SMILES string of the molecule is Cc1nc2c(c(N(C)Cc3ncc(-c4ccccc4)[nH]3)n1)CCCC2. The molecule has 5 nitrogen and oxygen atoms in total. The first kappa shape index (κ1) is 15.8. The number of imidazole rings is 1. The van der Waals surface area contributed by atoms with Gasteiger partial charge in [-0.3, -0.25) is 0 Å². The quantitative estimate of drug-likeness (QED) is 0.791. The summed E-state index contributed by atoms with van der Waals surface area (Å²) < 4.78 is 0. The lowest BCUT2D eigenvalue weighted by molar-refractivity contribution is 0.652. The smallest absolute Gasteiger partial charge is 0.135 e. The molecule has 25 heavy (non-hydrogen) atoms. The van der Waals surface area contributed by atoms with Crippen molar-refractivity contribution in [2.75, 3.05) is 11.9 Å². The molecule has 2 aromatic heterocycles. The number of rotatable bonds is 4. The highest BCUT2D eigenvalue weighted by Crippen LogP contribution is 2.28. The van der Waals surface area contributed by atoms with Gasteiger partial charge < -0.3 is 9.88 Å². The Morgan fingerprint density at radius 2 is 1.88 bits per heavy atom. The summed E-state index contributed by atoms with van der Waals surface area (Å²) in [5, 5.41) is 0. The Labute approximate surface area is 148 Å². The van der Waals surface area contributed by atoms with E-state index in [-0.39, 0.29) is 0 Å². The molecule has 1 aliphatic rings. The van der Waals surface area contributed by atoms with Crippen molar-refractivity contribution >= 4 is 5.82 Å². The van der Waals surface area contributed by atoms with E-state index in [1.54, 1.807) is 0 Å². The Hall–Kier alpha value is -2.69. The van der Waals surface area contributed by atoms with E-state index >= 15 is 0 Å². The highest BCUT2D eigenvalue weighted by molar-refractivity contribution is 5.58. The molecular weight excluding hydrogens is 310 g/mol. The summed E-state index contributed by atoms with van der Waals surface area (Å²) in [4.78, 5) is 19.5. The second kappa shape index (κ2) is 6.67. The van der Waals surface area contributed by atoms with E-state index in [0.29, 0.717) is 6.54 Å². The molecule has 1 N–H and O–H groups in total. The van der Waals surface area contributed by atoms with E-state index in [9.17, 15) is 0 Å². The van der Waals surface area contributed by atoms with Crippen LogP contribution in [0.25, 0.3) is 11.3 Å². The number of aromatic amines is 1. The summed E-state index contributed by atoms with van der Waals surface area (Å²) >= 11 is 0.